The van der Waals surface area contributed by atoms with Gasteiger partial charge in [0.05, 0.1) is 11.7 Å². The van der Waals surface area contributed by atoms with Crippen molar-refractivity contribution in [1.29, 1.82) is 0 Å². The van der Waals surface area contributed by atoms with Gasteiger partial charge in [-0.3, -0.25) is 0 Å². The molecule has 0 radical (unpaired) electrons. The normalized spacial score (nSPS) is 20.1. The molecule has 1 aliphatic heterocycles. The minimum absolute atomic E-state index is 0.0307. The van der Waals surface area contributed by atoms with E-state index in [2.05, 4.69) is 15.3 Å². The highest BCUT2D eigenvalue weighted by atomic mass is 16.4. The summed E-state index contributed by atoms with van der Waals surface area (Å²) >= 11 is 0. The van der Waals surface area contributed by atoms with Crippen LogP contribution in [0.25, 0.3) is 0 Å². The fraction of sp³-hybridized carbons (Fsp3) is 0.643. The second-order valence-electron chi connectivity index (χ2n) is 5.90. The lowest BCUT2D eigenvalue weighted by molar-refractivity contribution is 0.187. The molecule has 1 aromatic heterocycles. The van der Waals surface area contributed by atoms with Crippen molar-refractivity contribution in [1.82, 2.24) is 15.3 Å². The standard InChI is InChI=1S/C14H21N5O2/c15-13-17-11(9-4-2-1-3-5-9)6-12(18-13)19-7-10(8-19)16-14(20)21/h6,9-10,16H,1-5,7-8H2,(H,20,21)(H2,15,17,18). The Labute approximate surface area is 123 Å². The summed E-state index contributed by atoms with van der Waals surface area (Å²) in [5, 5.41) is 11.2. The largest absolute Gasteiger partial charge is 0.465 e. The molecule has 3 rings (SSSR count). The summed E-state index contributed by atoms with van der Waals surface area (Å²) < 4.78 is 0. The first-order valence-electron chi connectivity index (χ1n) is 7.50. The van der Waals surface area contributed by atoms with Crippen molar-refractivity contribution in [3.63, 3.8) is 0 Å². The van der Waals surface area contributed by atoms with Crippen molar-refractivity contribution >= 4 is 17.9 Å². The van der Waals surface area contributed by atoms with E-state index in [1.165, 1.54) is 32.1 Å². The lowest BCUT2D eigenvalue weighted by Gasteiger charge is -2.40. The average Bonchev–Trinajstić information content (AvgIpc) is 2.42. The molecule has 7 heteroatoms. The molecule has 21 heavy (non-hydrogen) atoms. The molecule has 4 N–H and O–H groups in total. The molecular formula is C14H21N5O2. The molecule has 0 unspecified atom stereocenters. The lowest BCUT2D eigenvalue weighted by atomic mass is 9.87. The zero-order valence-electron chi connectivity index (χ0n) is 12.0. The Morgan fingerprint density at radius 1 is 1.29 bits per heavy atom. The second kappa shape index (κ2) is 5.75. The lowest BCUT2D eigenvalue weighted by Crippen LogP contribution is -2.59. The van der Waals surface area contributed by atoms with Crippen LogP contribution in [0.2, 0.25) is 0 Å². The Hall–Kier alpha value is -2.05. The average molecular weight is 291 g/mol. The number of aromatic nitrogens is 2. The third-order valence-electron chi connectivity index (χ3n) is 4.31. The summed E-state index contributed by atoms with van der Waals surface area (Å²) in [6, 6.07) is 1.99. The fourth-order valence-corrected chi connectivity index (χ4v) is 3.17. The number of hydrogen-bond acceptors (Lipinski definition) is 5. The Kier molecular flexibility index (Phi) is 3.81. The van der Waals surface area contributed by atoms with Crippen molar-refractivity contribution in [2.45, 2.75) is 44.1 Å². The van der Waals surface area contributed by atoms with Gasteiger partial charge in [-0.25, -0.2) is 9.78 Å². The molecule has 114 valence electrons. The Bertz CT molecular complexity index is 524. The summed E-state index contributed by atoms with van der Waals surface area (Å²) in [7, 11) is 0. The second-order valence-corrected chi connectivity index (χ2v) is 5.90. The number of anilines is 2. The van der Waals surface area contributed by atoms with Gasteiger partial charge in [-0.05, 0) is 12.8 Å². The molecular weight excluding hydrogens is 270 g/mol. The molecule has 1 saturated carbocycles. The van der Waals surface area contributed by atoms with Gasteiger partial charge in [-0.2, -0.15) is 4.98 Å². The SMILES string of the molecule is Nc1nc(C2CCCCC2)cc(N2CC(NC(=O)O)C2)n1. The number of carbonyl (C=O) groups is 1. The van der Waals surface area contributed by atoms with Gasteiger partial charge in [0.2, 0.25) is 5.95 Å². The van der Waals surface area contributed by atoms with Crippen LogP contribution in [0.5, 0.6) is 0 Å². The minimum Gasteiger partial charge on any atom is -0.465 e. The zero-order chi connectivity index (χ0) is 14.8. The monoisotopic (exact) mass is 291 g/mol. The maximum Gasteiger partial charge on any atom is 0.405 e. The molecule has 0 aromatic carbocycles. The molecule has 2 fully saturated rings. The van der Waals surface area contributed by atoms with Crippen LogP contribution in [-0.4, -0.2) is 40.3 Å². The van der Waals surface area contributed by atoms with Crippen LogP contribution in [0.15, 0.2) is 6.07 Å². The number of nitrogens with zero attached hydrogens (tertiary/aromatic N) is 3. The van der Waals surface area contributed by atoms with Crippen LogP contribution in [-0.2, 0) is 0 Å². The number of amides is 1. The predicted octanol–water partition coefficient (Wildman–Crippen LogP) is 1.56. The van der Waals surface area contributed by atoms with Gasteiger partial charge in [0.15, 0.2) is 0 Å². The molecule has 2 aliphatic rings. The number of rotatable bonds is 3. The smallest absolute Gasteiger partial charge is 0.405 e. The maximum absolute atomic E-state index is 10.6. The first-order chi connectivity index (χ1) is 10.1. The fourth-order valence-electron chi connectivity index (χ4n) is 3.17. The van der Waals surface area contributed by atoms with Crippen LogP contribution in [0.1, 0.15) is 43.7 Å². The third-order valence-corrected chi connectivity index (χ3v) is 4.31. The van der Waals surface area contributed by atoms with E-state index in [1.54, 1.807) is 0 Å². The van der Waals surface area contributed by atoms with Gasteiger partial charge >= 0.3 is 6.09 Å². The van der Waals surface area contributed by atoms with E-state index in [1.807, 2.05) is 11.0 Å². The van der Waals surface area contributed by atoms with Crippen molar-refractivity contribution < 1.29 is 9.90 Å². The highest BCUT2D eigenvalue weighted by molar-refractivity contribution is 5.65. The molecule has 0 spiro atoms. The predicted molar refractivity (Wildman–Crippen MR) is 79.4 cm³/mol. The van der Waals surface area contributed by atoms with Gasteiger partial charge < -0.3 is 21.1 Å². The maximum atomic E-state index is 10.6. The van der Waals surface area contributed by atoms with Gasteiger partial charge in [-0.1, -0.05) is 19.3 Å². The summed E-state index contributed by atoms with van der Waals surface area (Å²) in [6.45, 7) is 1.26. The number of nitrogen functional groups attached to an aromatic ring is 1. The molecule has 7 nitrogen and oxygen atoms in total. The first kappa shape index (κ1) is 13.9. The zero-order valence-corrected chi connectivity index (χ0v) is 12.0. The van der Waals surface area contributed by atoms with Crippen molar-refractivity contribution in [3.8, 4) is 0 Å². The molecule has 1 aromatic rings. The first-order valence-corrected chi connectivity index (χ1v) is 7.50. The van der Waals surface area contributed by atoms with Crippen LogP contribution < -0.4 is 16.0 Å². The third kappa shape index (κ3) is 3.17. The highest BCUT2D eigenvalue weighted by Gasteiger charge is 2.30. The summed E-state index contributed by atoms with van der Waals surface area (Å²) in [6.07, 6.45) is 5.15. The van der Waals surface area contributed by atoms with E-state index in [4.69, 9.17) is 10.8 Å². The van der Waals surface area contributed by atoms with Crippen LogP contribution in [0.3, 0.4) is 0 Å². The van der Waals surface area contributed by atoms with E-state index in [-0.39, 0.29) is 6.04 Å². The molecule has 1 saturated heterocycles. The van der Waals surface area contributed by atoms with Crippen LogP contribution in [0.4, 0.5) is 16.6 Å². The van der Waals surface area contributed by atoms with Crippen LogP contribution >= 0.6 is 0 Å². The van der Waals surface area contributed by atoms with E-state index >= 15 is 0 Å². The van der Waals surface area contributed by atoms with Gasteiger partial charge in [0.25, 0.3) is 0 Å². The molecule has 2 heterocycles. The van der Waals surface area contributed by atoms with Gasteiger partial charge in [-0.15, -0.1) is 0 Å². The van der Waals surface area contributed by atoms with E-state index in [9.17, 15) is 4.79 Å². The van der Waals surface area contributed by atoms with E-state index in [0.29, 0.717) is 25.0 Å². The molecule has 0 bridgehead atoms. The number of nitrogens with two attached hydrogens (primary N) is 1. The molecule has 1 aliphatic carbocycles. The summed E-state index contributed by atoms with van der Waals surface area (Å²) in [4.78, 5) is 21.3. The Morgan fingerprint density at radius 3 is 2.67 bits per heavy atom. The van der Waals surface area contributed by atoms with Gasteiger partial charge in [0, 0.05) is 25.1 Å². The van der Waals surface area contributed by atoms with Crippen molar-refractivity contribution in [3.05, 3.63) is 11.8 Å². The quantitative estimate of drug-likeness (QED) is 0.780. The number of hydrogen-bond donors (Lipinski definition) is 3. The molecule has 1 amide bonds. The van der Waals surface area contributed by atoms with Crippen molar-refractivity contribution in [2.24, 2.45) is 0 Å². The number of carboxylic acid groups (broad SMARTS) is 1. The van der Waals surface area contributed by atoms with Gasteiger partial charge in [0.1, 0.15) is 5.82 Å². The highest BCUT2D eigenvalue weighted by Crippen LogP contribution is 2.33. The van der Waals surface area contributed by atoms with Crippen molar-refractivity contribution in [2.75, 3.05) is 23.7 Å². The molecule has 0 atom stereocenters. The topological polar surface area (TPSA) is 104 Å². The van der Waals surface area contributed by atoms with E-state index < -0.39 is 6.09 Å². The minimum atomic E-state index is -0.982. The number of nitrogens with one attached hydrogen (secondary N) is 1. The van der Waals surface area contributed by atoms with E-state index in [0.717, 1.165) is 11.5 Å². The Balaban J connectivity index is 1.69. The summed E-state index contributed by atoms with van der Waals surface area (Å²) in [5.41, 5.74) is 6.87. The Morgan fingerprint density at radius 2 is 2.00 bits per heavy atom. The van der Waals surface area contributed by atoms with Crippen LogP contribution in [0, 0.1) is 0 Å². The summed E-state index contributed by atoms with van der Waals surface area (Å²) in [5.74, 6) is 1.60.